The fraction of sp³-hybridized carbons (Fsp3) is 0.806. The number of unbranched alkanes of at least 4 members (excludes halogenated alkanes) is 1. The molecule has 13 heteroatoms. The molecule has 2 saturated heterocycles. The largest absolute Gasteiger partial charge is 0.508 e. The molecule has 13 nitrogen and oxygen atoms in total. The van der Waals surface area contributed by atoms with E-state index >= 15 is 0 Å². The van der Waals surface area contributed by atoms with Crippen molar-refractivity contribution in [3.63, 3.8) is 0 Å². The Morgan fingerprint density at radius 2 is 1.02 bits per heavy atom. The maximum absolute atomic E-state index is 13.1. The van der Waals surface area contributed by atoms with Crippen LogP contribution < -0.4 is 0 Å². The van der Waals surface area contributed by atoms with Gasteiger partial charge in [-0.25, -0.2) is 9.59 Å². The summed E-state index contributed by atoms with van der Waals surface area (Å²) < 4.78 is 44.6. The Hall–Kier alpha value is -3.19. The highest BCUT2D eigenvalue weighted by Crippen LogP contribution is 2.36. The first kappa shape index (κ1) is 37.1. The Labute approximate surface area is 288 Å². The van der Waals surface area contributed by atoms with E-state index in [9.17, 15) is 24.0 Å². The first-order valence-electron chi connectivity index (χ1n) is 18.2. The molecule has 274 valence electrons. The van der Waals surface area contributed by atoms with Crippen molar-refractivity contribution in [1.82, 2.24) is 0 Å². The van der Waals surface area contributed by atoms with Crippen molar-refractivity contribution in [3.05, 3.63) is 12.7 Å². The van der Waals surface area contributed by atoms with Gasteiger partial charge in [0.1, 0.15) is 24.4 Å². The number of carbonyl (C=O) groups is 5. The zero-order valence-electron chi connectivity index (χ0n) is 28.6. The normalized spacial score (nSPS) is 34.1. The standard InChI is InChI=1S/C36H52O13/c1-3-30(37)42-18-4-5-19-43-36(41)47-27-16-12-24(13-17-27)33(38)46-26-14-10-25(11-15-26)35(40)49-29-21-45-31-28(20-44-32(29)31)48-34(39)23-8-6-22(2)7-9-23/h3,22-29,31-32H,1,4-21H2,2H3/t22?,23?,24?,25?,26?,27?,28-,29+,31+,32+/m0/s1. The summed E-state index contributed by atoms with van der Waals surface area (Å²) in [7, 11) is 0. The topological polar surface area (TPSA) is 159 Å². The van der Waals surface area contributed by atoms with Crippen LogP contribution >= 0.6 is 0 Å². The van der Waals surface area contributed by atoms with E-state index in [-0.39, 0.29) is 74.3 Å². The lowest BCUT2D eigenvalue weighted by atomic mass is 9.83. The minimum Gasteiger partial charge on any atom is -0.463 e. The average Bonchev–Trinajstić information content (AvgIpc) is 3.69. The molecule has 4 atom stereocenters. The molecule has 0 amide bonds. The van der Waals surface area contributed by atoms with Gasteiger partial charge in [-0.2, -0.15) is 0 Å². The Morgan fingerprint density at radius 3 is 1.51 bits per heavy atom. The lowest BCUT2D eigenvalue weighted by molar-refractivity contribution is -0.163. The first-order chi connectivity index (χ1) is 23.7. The minimum atomic E-state index is -0.741. The molecule has 3 saturated carbocycles. The second kappa shape index (κ2) is 18.2. The summed E-state index contributed by atoms with van der Waals surface area (Å²) in [4.78, 5) is 61.7. The zero-order valence-corrected chi connectivity index (χ0v) is 28.6. The highest BCUT2D eigenvalue weighted by molar-refractivity contribution is 5.81. The number of fused-ring (bicyclic) bond motifs is 1. The number of hydrogen-bond donors (Lipinski definition) is 0. The van der Waals surface area contributed by atoms with Crippen LogP contribution in [0.1, 0.15) is 96.8 Å². The monoisotopic (exact) mass is 692 g/mol. The molecule has 0 radical (unpaired) electrons. The molecule has 0 aromatic rings. The van der Waals surface area contributed by atoms with Crippen LogP contribution in [-0.4, -0.2) is 93.1 Å². The molecular formula is C36H52O13. The maximum atomic E-state index is 13.1. The highest BCUT2D eigenvalue weighted by Gasteiger charge is 2.52. The van der Waals surface area contributed by atoms with E-state index in [1.165, 1.54) is 0 Å². The number of carbonyl (C=O) groups excluding carboxylic acids is 5. The van der Waals surface area contributed by atoms with Gasteiger partial charge in [-0.15, -0.1) is 0 Å². The van der Waals surface area contributed by atoms with Gasteiger partial charge in [0.25, 0.3) is 0 Å². The Kier molecular flexibility index (Phi) is 13.7. The van der Waals surface area contributed by atoms with Crippen molar-refractivity contribution in [2.75, 3.05) is 26.4 Å². The molecular weight excluding hydrogens is 640 g/mol. The minimum absolute atomic E-state index is 0.0707. The summed E-state index contributed by atoms with van der Waals surface area (Å²) in [6.45, 7) is 6.36. The maximum Gasteiger partial charge on any atom is 0.508 e. The van der Waals surface area contributed by atoms with E-state index < -0.39 is 36.5 Å². The third-order valence-corrected chi connectivity index (χ3v) is 10.6. The second-order valence-corrected chi connectivity index (χ2v) is 14.2. The Balaban J connectivity index is 0.926. The van der Waals surface area contributed by atoms with Gasteiger partial charge in [-0.1, -0.05) is 13.5 Å². The van der Waals surface area contributed by atoms with Gasteiger partial charge >= 0.3 is 30.0 Å². The number of rotatable bonds is 13. The van der Waals surface area contributed by atoms with Crippen molar-refractivity contribution in [3.8, 4) is 0 Å². The van der Waals surface area contributed by atoms with E-state index in [0.717, 1.165) is 31.8 Å². The fourth-order valence-electron chi connectivity index (χ4n) is 7.47. The molecule has 2 aliphatic heterocycles. The molecule has 2 heterocycles. The molecule has 0 spiro atoms. The molecule has 5 aliphatic rings. The first-order valence-corrected chi connectivity index (χ1v) is 18.2. The van der Waals surface area contributed by atoms with Gasteiger partial charge in [-0.3, -0.25) is 14.4 Å². The Bertz CT molecular complexity index is 1150. The molecule has 3 aliphatic carbocycles. The molecule has 5 fully saturated rings. The van der Waals surface area contributed by atoms with Crippen molar-refractivity contribution in [2.24, 2.45) is 23.7 Å². The van der Waals surface area contributed by atoms with Crippen LogP contribution in [0.5, 0.6) is 0 Å². The molecule has 0 N–H and O–H groups in total. The smallest absolute Gasteiger partial charge is 0.463 e. The third kappa shape index (κ3) is 10.7. The van der Waals surface area contributed by atoms with Gasteiger partial charge in [0.05, 0.1) is 44.2 Å². The SMILES string of the molecule is C=CC(=O)OCCCCOC(=O)OC1CCC(C(=O)OC2CCC(C(=O)O[C@@H]3CO[C@H]4[C@@H]3OC[C@@H]4OC(=O)C3CCC(C)CC3)CC2)CC1. The summed E-state index contributed by atoms with van der Waals surface area (Å²) in [6.07, 6.45) is 7.20. The molecule has 5 rings (SSSR count). The third-order valence-electron chi connectivity index (χ3n) is 10.6. The van der Waals surface area contributed by atoms with Crippen molar-refractivity contribution in [1.29, 1.82) is 0 Å². The van der Waals surface area contributed by atoms with E-state index in [4.69, 9.17) is 37.9 Å². The summed E-state index contributed by atoms with van der Waals surface area (Å²) in [6, 6.07) is 0. The van der Waals surface area contributed by atoms with E-state index in [1.54, 1.807) is 0 Å². The van der Waals surface area contributed by atoms with Crippen LogP contribution in [-0.2, 0) is 57.1 Å². The molecule has 0 bridgehead atoms. The lowest BCUT2D eigenvalue weighted by Crippen LogP contribution is -2.38. The quantitative estimate of drug-likeness (QED) is 0.113. The van der Waals surface area contributed by atoms with Crippen LogP contribution in [0.15, 0.2) is 12.7 Å². The average molecular weight is 693 g/mol. The number of esters is 4. The van der Waals surface area contributed by atoms with Gasteiger partial charge in [0.2, 0.25) is 0 Å². The summed E-state index contributed by atoms with van der Waals surface area (Å²) in [5.74, 6) is -1.19. The molecule has 0 unspecified atom stereocenters. The van der Waals surface area contributed by atoms with E-state index in [1.807, 2.05) is 0 Å². The molecule has 0 aromatic heterocycles. The van der Waals surface area contributed by atoms with E-state index in [0.29, 0.717) is 70.1 Å². The zero-order chi connectivity index (χ0) is 34.8. The van der Waals surface area contributed by atoms with Gasteiger partial charge in [0, 0.05) is 6.08 Å². The molecule has 0 aromatic carbocycles. The van der Waals surface area contributed by atoms with Crippen molar-refractivity contribution >= 4 is 30.0 Å². The summed E-state index contributed by atoms with van der Waals surface area (Å²) >= 11 is 0. The Morgan fingerprint density at radius 1 is 0.592 bits per heavy atom. The summed E-state index contributed by atoms with van der Waals surface area (Å²) in [5, 5.41) is 0. The number of ether oxygens (including phenoxy) is 8. The van der Waals surface area contributed by atoms with Crippen molar-refractivity contribution in [2.45, 2.75) is 133 Å². The second-order valence-electron chi connectivity index (χ2n) is 14.2. The van der Waals surface area contributed by atoms with Crippen LogP contribution in [0.3, 0.4) is 0 Å². The van der Waals surface area contributed by atoms with Crippen LogP contribution in [0.4, 0.5) is 4.79 Å². The summed E-state index contributed by atoms with van der Waals surface area (Å²) in [5.41, 5.74) is 0. The van der Waals surface area contributed by atoms with E-state index in [2.05, 4.69) is 13.5 Å². The van der Waals surface area contributed by atoms with Crippen LogP contribution in [0.2, 0.25) is 0 Å². The van der Waals surface area contributed by atoms with Crippen LogP contribution in [0, 0.1) is 23.7 Å². The van der Waals surface area contributed by atoms with Gasteiger partial charge < -0.3 is 37.9 Å². The number of hydrogen-bond acceptors (Lipinski definition) is 13. The van der Waals surface area contributed by atoms with Crippen molar-refractivity contribution < 1.29 is 61.9 Å². The fourth-order valence-corrected chi connectivity index (χ4v) is 7.47. The molecule has 49 heavy (non-hydrogen) atoms. The van der Waals surface area contributed by atoms with Gasteiger partial charge in [0.15, 0.2) is 12.2 Å². The van der Waals surface area contributed by atoms with Gasteiger partial charge in [-0.05, 0) is 95.8 Å². The lowest BCUT2D eigenvalue weighted by Gasteiger charge is -2.31. The highest BCUT2D eigenvalue weighted by atomic mass is 16.7. The van der Waals surface area contributed by atoms with Crippen LogP contribution in [0.25, 0.3) is 0 Å². The predicted octanol–water partition coefficient (Wildman–Crippen LogP) is 4.76. The predicted molar refractivity (Wildman–Crippen MR) is 171 cm³/mol.